The summed E-state index contributed by atoms with van der Waals surface area (Å²) in [6.07, 6.45) is 2.52. The number of anilines is 3. The van der Waals surface area contributed by atoms with Gasteiger partial charge in [-0.05, 0) is 54.8 Å². The number of fused-ring (bicyclic) bond motifs is 1. The van der Waals surface area contributed by atoms with Gasteiger partial charge in [-0.25, -0.2) is 4.98 Å². The minimum atomic E-state index is -0.173. The third-order valence-corrected chi connectivity index (χ3v) is 6.33. The van der Waals surface area contributed by atoms with Crippen molar-refractivity contribution >= 4 is 28.4 Å². The number of aromatic nitrogens is 3. The molecule has 3 heterocycles. The van der Waals surface area contributed by atoms with Crippen LogP contribution in [0.15, 0.2) is 65.6 Å². The maximum Gasteiger partial charge on any atom is 0.264 e. The first-order valence-corrected chi connectivity index (χ1v) is 12.0. The number of ether oxygens (including phenoxy) is 2. The van der Waals surface area contributed by atoms with Crippen LogP contribution in [0.5, 0.6) is 5.75 Å². The number of nitrogens with zero attached hydrogens (tertiary/aromatic N) is 3. The van der Waals surface area contributed by atoms with Gasteiger partial charge in [-0.15, -0.1) is 0 Å². The third-order valence-electron chi connectivity index (χ3n) is 6.33. The van der Waals surface area contributed by atoms with E-state index < -0.39 is 0 Å². The lowest BCUT2D eigenvalue weighted by Crippen LogP contribution is -2.47. The van der Waals surface area contributed by atoms with Gasteiger partial charge in [0.1, 0.15) is 17.0 Å². The zero-order chi connectivity index (χ0) is 25.1. The molecule has 4 aromatic rings. The molecular weight excluding hydrogens is 456 g/mol. The fourth-order valence-corrected chi connectivity index (χ4v) is 4.35. The van der Waals surface area contributed by atoms with Crippen LogP contribution in [0.4, 0.5) is 17.5 Å². The van der Waals surface area contributed by atoms with Crippen molar-refractivity contribution in [3.8, 4) is 5.75 Å². The van der Waals surface area contributed by atoms with Crippen molar-refractivity contribution in [2.45, 2.75) is 32.0 Å². The lowest BCUT2D eigenvalue weighted by atomic mass is 10.1. The summed E-state index contributed by atoms with van der Waals surface area (Å²) in [7, 11) is 1.63. The molecule has 0 saturated carbocycles. The van der Waals surface area contributed by atoms with Crippen molar-refractivity contribution in [3.05, 3.63) is 82.3 Å². The summed E-state index contributed by atoms with van der Waals surface area (Å²) in [5.74, 6) is 1.64. The molecule has 1 fully saturated rings. The van der Waals surface area contributed by atoms with Crippen LogP contribution in [0.3, 0.4) is 0 Å². The molecular formula is C27H30N6O3. The number of aryl methyl sites for hydroxylation is 1. The topological polar surface area (TPSA) is 116 Å². The minimum Gasteiger partial charge on any atom is -0.497 e. The van der Waals surface area contributed by atoms with Crippen molar-refractivity contribution in [2.75, 3.05) is 31.0 Å². The zero-order valence-corrected chi connectivity index (χ0v) is 20.4. The van der Waals surface area contributed by atoms with Gasteiger partial charge in [0, 0.05) is 30.6 Å². The second kappa shape index (κ2) is 10.3. The molecule has 1 aliphatic rings. The predicted molar refractivity (Wildman–Crippen MR) is 141 cm³/mol. The van der Waals surface area contributed by atoms with Crippen LogP contribution in [0, 0.1) is 6.92 Å². The lowest BCUT2D eigenvalue weighted by Gasteiger charge is -2.29. The number of hydrogen-bond donors (Lipinski definition) is 3. The summed E-state index contributed by atoms with van der Waals surface area (Å²) in [5, 5.41) is 7.13. The van der Waals surface area contributed by atoms with E-state index in [-0.39, 0.29) is 17.6 Å². The number of nitrogens with one attached hydrogen (secondary N) is 2. The van der Waals surface area contributed by atoms with Crippen LogP contribution in [-0.4, -0.2) is 46.9 Å². The van der Waals surface area contributed by atoms with Crippen LogP contribution in [0.1, 0.15) is 17.5 Å². The second-order valence-corrected chi connectivity index (χ2v) is 9.03. The molecule has 1 aliphatic heterocycles. The van der Waals surface area contributed by atoms with Gasteiger partial charge in [0.25, 0.3) is 5.56 Å². The highest BCUT2D eigenvalue weighted by atomic mass is 16.5. The first-order chi connectivity index (χ1) is 17.5. The average molecular weight is 487 g/mol. The molecule has 0 radical (unpaired) electrons. The number of nitrogens with two attached hydrogens (primary N) is 1. The highest BCUT2D eigenvalue weighted by Crippen LogP contribution is 2.25. The molecule has 2 aromatic carbocycles. The van der Waals surface area contributed by atoms with Crippen molar-refractivity contribution < 1.29 is 9.47 Å². The van der Waals surface area contributed by atoms with Gasteiger partial charge in [0.05, 0.1) is 25.8 Å². The van der Waals surface area contributed by atoms with E-state index in [1.54, 1.807) is 17.9 Å². The predicted octanol–water partition coefficient (Wildman–Crippen LogP) is 3.43. The van der Waals surface area contributed by atoms with E-state index in [1.807, 2.05) is 61.5 Å². The van der Waals surface area contributed by atoms with Gasteiger partial charge in [0.2, 0.25) is 5.95 Å². The maximum atomic E-state index is 13.6. The van der Waals surface area contributed by atoms with Gasteiger partial charge in [0.15, 0.2) is 0 Å². The molecule has 2 atom stereocenters. The number of hydrogen-bond acceptors (Lipinski definition) is 8. The van der Waals surface area contributed by atoms with E-state index in [0.29, 0.717) is 42.4 Å². The molecule has 36 heavy (non-hydrogen) atoms. The monoisotopic (exact) mass is 486 g/mol. The Bertz CT molecular complexity index is 1420. The number of rotatable bonds is 7. The van der Waals surface area contributed by atoms with Crippen LogP contribution < -0.4 is 26.7 Å². The van der Waals surface area contributed by atoms with Crippen molar-refractivity contribution in [2.24, 2.45) is 5.73 Å². The second-order valence-electron chi connectivity index (χ2n) is 9.03. The van der Waals surface area contributed by atoms with E-state index in [2.05, 4.69) is 15.6 Å². The molecule has 0 aliphatic carbocycles. The molecule has 2 unspecified atom stereocenters. The molecule has 186 valence electrons. The van der Waals surface area contributed by atoms with Crippen molar-refractivity contribution in [1.29, 1.82) is 0 Å². The van der Waals surface area contributed by atoms with E-state index in [0.717, 1.165) is 29.0 Å². The summed E-state index contributed by atoms with van der Waals surface area (Å²) >= 11 is 0. The number of benzene rings is 2. The van der Waals surface area contributed by atoms with E-state index >= 15 is 0 Å². The fourth-order valence-electron chi connectivity index (χ4n) is 4.35. The largest absolute Gasteiger partial charge is 0.497 e. The SMILES string of the molecule is COc1ccc(Cn2ccc3nc(NC4CCOCC4N)nc(Nc4cccc(C)c4)c3c2=O)cc1. The van der Waals surface area contributed by atoms with Crippen molar-refractivity contribution in [1.82, 2.24) is 14.5 Å². The van der Waals surface area contributed by atoms with E-state index in [4.69, 9.17) is 20.2 Å². The van der Waals surface area contributed by atoms with E-state index in [1.165, 1.54) is 0 Å². The van der Waals surface area contributed by atoms with Gasteiger partial charge in [-0.3, -0.25) is 4.79 Å². The fraction of sp³-hybridized carbons (Fsp3) is 0.296. The quantitative estimate of drug-likeness (QED) is 0.364. The summed E-state index contributed by atoms with van der Waals surface area (Å²) < 4.78 is 12.4. The number of pyridine rings is 1. The van der Waals surface area contributed by atoms with Gasteiger partial charge in [-0.2, -0.15) is 4.98 Å². The van der Waals surface area contributed by atoms with Crippen molar-refractivity contribution in [3.63, 3.8) is 0 Å². The van der Waals surface area contributed by atoms with Gasteiger partial charge >= 0.3 is 0 Å². The summed E-state index contributed by atoms with van der Waals surface area (Å²) in [6, 6.07) is 17.3. The Morgan fingerprint density at radius 3 is 2.75 bits per heavy atom. The highest BCUT2D eigenvalue weighted by Gasteiger charge is 2.24. The Balaban J connectivity index is 1.55. The lowest BCUT2D eigenvalue weighted by molar-refractivity contribution is 0.0751. The molecule has 0 amide bonds. The molecule has 9 nitrogen and oxygen atoms in total. The van der Waals surface area contributed by atoms with Crippen LogP contribution in [-0.2, 0) is 11.3 Å². The molecule has 4 N–H and O–H groups in total. The Morgan fingerprint density at radius 2 is 2.00 bits per heavy atom. The average Bonchev–Trinajstić information content (AvgIpc) is 2.87. The molecule has 0 spiro atoms. The van der Waals surface area contributed by atoms with E-state index in [9.17, 15) is 4.79 Å². The Hall–Kier alpha value is -3.95. The first kappa shape index (κ1) is 23.8. The maximum absolute atomic E-state index is 13.6. The molecule has 1 saturated heterocycles. The third kappa shape index (κ3) is 5.17. The minimum absolute atomic E-state index is 0.0153. The summed E-state index contributed by atoms with van der Waals surface area (Å²) in [4.78, 5) is 23.0. The smallest absolute Gasteiger partial charge is 0.264 e. The molecule has 5 rings (SSSR count). The normalized spacial score (nSPS) is 17.6. The molecule has 0 bridgehead atoms. The van der Waals surface area contributed by atoms with Gasteiger partial charge in [-0.1, -0.05) is 24.3 Å². The first-order valence-electron chi connectivity index (χ1n) is 12.0. The summed E-state index contributed by atoms with van der Waals surface area (Å²) in [6.45, 7) is 3.54. The van der Waals surface area contributed by atoms with Crippen LogP contribution >= 0.6 is 0 Å². The zero-order valence-electron chi connectivity index (χ0n) is 20.4. The summed E-state index contributed by atoms with van der Waals surface area (Å²) in [5.41, 5.74) is 9.54. The molecule has 9 heteroatoms. The number of methoxy groups -OCH3 is 1. The van der Waals surface area contributed by atoms with Crippen LogP contribution in [0.2, 0.25) is 0 Å². The Morgan fingerprint density at radius 1 is 1.17 bits per heavy atom. The van der Waals surface area contributed by atoms with Crippen LogP contribution in [0.25, 0.3) is 10.9 Å². The molecule has 2 aromatic heterocycles. The highest BCUT2D eigenvalue weighted by molar-refractivity contribution is 5.91. The Kier molecular flexibility index (Phi) is 6.84. The van der Waals surface area contributed by atoms with Gasteiger partial charge < -0.3 is 30.4 Å². The standard InChI is InChI=1S/C27H30N6O3/c1-17-4-3-5-19(14-17)29-25-24-23(31-27(32-25)30-22-11-13-36-16-21(22)28)10-12-33(26(24)34)15-18-6-8-20(35-2)9-7-18/h3-10,12,14,21-22H,11,13,15-16,28H2,1-2H3,(H2,29,30,31,32). The Labute approximate surface area is 209 Å².